The fraction of sp³-hybridized carbons (Fsp3) is 1.00. The Morgan fingerprint density at radius 2 is 1.00 bits per heavy atom. The predicted molar refractivity (Wildman–Crippen MR) is 96.3 cm³/mol. The molecule has 11 heteroatoms. The minimum atomic E-state index is -3.33. The third kappa shape index (κ3) is 11.5. The van der Waals surface area contributed by atoms with E-state index in [1.807, 2.05) is 0 Å². The first kappa shape index (κ1) is 25.2. The highest BCUT2D eigenvalue weighted by Crippen LogP contribution is 2.49. The largest absolute Gasteiger partial charge is 0.391 e. The molecule has 3 N–H and O–H groups in total. The van der Waals surface area contributed by atoms with Gasteiger partial charge in [0.2, 0.25) is 0 Å². The van der Waals surface area contributed by atoms with Gasteiger partial charge in [0.15, 0.2) is 0 Å². The van der Waals surface area contributed by atoms with Gasteiger partial charge < -0.3 is 33.6 Å². The standard InChI is InChI=1S/C14H33NO8P2/c1-5-20-24(18,21-6-2)11-13(16)9-15-10-14(17)12-25(19,22-7-3)23-8-4/h13-17H,5-12H2,1-4H3/t13-,14-/m0/s1. The first-order valence-electron chi connectivity index (χ1n) is 8.57. The molecule has 0 aliphatic heterocycles. The van der Waals surface area contributed by atoms with Crippen LogP contribution in [0.2, 0.25) is 0 Å². The molecular formula is C14H33NO8P2. The van der Waals surface area contributed by atoms with Crippen molar-refractivity contribution in [1.82, 2.24) is 5.32 Å². The second kappa shape index (κ2) is 13.4. The maximum Gasteiger partial charge on any atom is 0.333 e. The first-order valence-corrected chi connectivity index (χ1v) is 12.0. The Morgan fingerprint density at radius 3 is 1.24 bits per heavy atom. The fourth-order valence-electron chi connectivity index (χ4n) is 2.13. The SMILES string of the molecule is CCOP(=O)(C[C@@H](O)CNC[C@H](O)CP(=O)(OCC)OCC)OCC. The maximum absolute atomic E-state index is 12.3. The van der Waals surface area contributed by atoms with E-state index in [1.54, 1.807) is 27.7 Å². The van der Waals surface area contributed by atoms with Crippen molar-refractivity contribution < 1.29 is 37.4 Å². The van der Waals surface area contributed by atoms with E-state index in [9.17, 15) is 19.3 Å². The summed E-state index contributed by atoms with van der Waals surface area (Å²) in [5, 5.41) is 22.8. The number of aliphatic hydroxyl groups is 2. The number of rotatable bonds is 16. The summed E-state index contributed by atoms with van der Waals surface area (Å²) in [7, 11) is -6.66. The lowest BCUT2D eigenvalue weighted by Gasteiger charge is -2.22. The van der Waals surface area contributed by atoms with E-state index in [0.717, 1.165) is 0 Å². The van der Waals surface area contributed by atoms with Crippen molar-refractivity contribution in [3.63, 3.8) is 0 Å². The molecule has 152 valence electrons. The molecule has 0 saturated carbocycles. The van der Waals surface area contributed by atoms with Crippen molar-refractivity contribution >= 4 is 15.2 Å². The van der Waals surface area contributed by atoms with Gasteiger partial charge in [-0.3, -0.25) is 9.13 Å². The van der Waals surface area contributed by atoms with Crippen molar-refractivity contribution in [2.45, 2.75) is 39.9 Å². The highest BCUT2D eigenvalue weighted by atomic mass is 31.2. The van der Waals surface area contributed by atoms with Crippen molar-refractivity contribution in [2.75, 3.05) is 51.8 Å². The Bertz CT molecular complexity index is 379. The van der Waals surface area contributed by atoms with Crippen LogP contribution in [0, 0.1) is 0 Å². The monoisotopic (exact) mass is 405 g/mol. The van der Waals surface area contributed by atoms with Gasteiger partial charge in [0.25, 0.3) is 0 Å². The average molecular weight is 405 g/mol. The van der Waals surface area contributed by atoms with Gasteiger partial charge in [0.1, 0.15) is 0 Å². The van der Waals surface area contributed by atoms with Gasteiger partial charge >= 0.3 is 15.2 Å². The van der Waals surface area contributed by atoms with Gasteiger partial charge in [-0.25, -0.2) is 0 Å². The maximum atomic E-state index is 12.3. The molecule has 0 rings (SSSR count). The van der Waals surface area contributed by atoms with Crippen LogP contribution in [0.5, 0.6) is 0 Å². The van der Waals surface area contributed by atoms with E-state index in [-0.39, 0.29) is 51.8 Å². The van der Waals surface area contributed by atoms with Gasteiger partial charge in [0.05, 0.1) is 51.0 Å². The normalized spacial score (nSPS) is 15.3. The molecule has 9 nitrogen and oxygen atoms in total. The molecule has 0 aliphatic rings. The fourth-order valence-corrected chi connectivity index (χ4v) is 5.57. The second-order valence-corrected chi connectivity index (χ2v) is 9.43. The van der Waals surface area contributed by atoms with Crippen molar-refractivity contribution in [1.29, 1.82) is 0 Å². The zero-order chi connectivity index (χ0) is 19.3. The molecule has 25 heavy (non-hydrogen) atoms. The molecule has 0 radical (unpaired) electrons. The minimum absolute atomic E-state index is 0.0781. The number of nitrogens with one attached hydrogen (secondary N) is 1. The van der Waals surface area contributed by atoms with E-state index in [4.69, 9.17) is 18.1 Å². The van der Waals surface area contributed by atoms with Crippen LogP contribution in [0.4, 0.5) is 0 Å². The molecule has 0 aromatic rings. The number of hydrogen-bond donors (Lipinski definition) is 3. The van der Waals surface area contributed by atoms with Crippen LogP contribution in [-0.2, 0) is 27.2 Å². The third-order valence-electron chi connectivity index (χ3n) is 2.93. The molecular weight excluding hydrogens is 372 g/mol. The van der Waals surface area contributed by atoms with Crippen LogP contribution >= 0.6 is 15.2 Å². The molecule has 0 bridgehead atoms. The Morgan fingerprint density at radius 1 is 0.720 bits per heavy atom. The van der Waals surface area contributed by atoms with Crippen molar-refractivity contribution in [3.05, 3.63) is 0 Å². The van der Waals surface area contributed by atoms with Crippen molar-refractivity contribution in [3.8, 4) is 0 Å². The highest BCUT2D eigenvalue weighted by molar-refractivity contribution is 7.54. The van der Waals surface area contributed by atoms with Gasteiger partial charge in [-0.2, -0.15) is 0 Å². The van der Waals surface area contributed by atoms with Crippen LogP contribution in [0.1, 0.15) is 27.7 Å². The van der Waals surface area contributed by atoms with E-state index in [0.29, 0.717) is 0 Å². The molecule has 0 aromatic heterocycles. The third-order valence-corrected chi connectivity index (χ3v) is 7.28. The van der Waals surface area contributed by atoms with E-state index in [2.05, 4.69) is 5.32 Å². The van der Waals surface area contributed by atoms with Crippen LogP contribution in [-0.4, -0.2) is 74.3 Å². The lowest BCUT2D eigenvalue weighted by atomic mass is 10.3. The van der Waals surface area contributed by atoms with E-state index < -0.39 is 27.4 Å². The summed E-state index contributed by atoms with van der Waals surface area (Å²) in [5.41, 5.74) is 0. The summed E-state index contributed by atoms with van der Waals surface area (Å²) in [4.78, 5) is 0. The topological polar surface area (TPSA) is 124 Å². The molecule has 0 fully saturated rings. The predicted octanol–water partition coefficient (Wildman–Crippen LogP) is 1.83. The summed E-state index contributed by atoms with van der Waals surface area (Å²) in [5.74, 6) is 0. The number of aliphatic hydroxyl groups excluding tert-OH is 2. The summed E-state index contributed by atoms with van der Waals surface area (Å²) in [6, 6.07) is 0. The quantitative estimate of drug-likeness (QED) is 0.330. The lowest BCUT2D eigenvalue weighted by molar-refractivity contribution is 0.148. The molecule has 0 aromatic carbocycles. The second-order valence-electron chi connectivity index (χ2n) is 5.22. The van der Waals surface area contributed by atoms with Gasteiger partial charge in [0, 0.05) is 13.1 Å². The Balaban J connectivity index is 4.31. The molecule has 0 unspecified atom stereocenters. The van der Waals surface area contributed by atoms with E-state index >= 15 is 0 Å². The van der Waals surface area contributed by atoms with Gasteiger partial charge in [-0.05, 0) is 27.7 Å². The molecule has 0 spiro atoms. The number of hydrogen-bond acceptors (Lipinski definition) is 9. The van der Waals surface area contributed by atoms with E-state index in [1.165, 1.54) is 0 Å². The summed E-state index contributed by atoms with van der Waals surface area (Å²) < 4.78 is 45.1. The molecule has 0 amide bonds. The average Bonchev–Trinajstić information content (AvgIpc) is 2.47. The van der Waals surface area contributed by atoms with Gasteiger partial charge in [-0.1, -0.05) is 0 Å². The van der Waals surface area contributed by atoms with Crippen LogP contribution < -0.4 is 5.32 Å². The van der Waals surface area contributed by atoms with Crippen LogP contribution in [0.15, 0.2) is 0 Å². The molecule has 0 saturated heterocycles. The molecule has 0 aliphatic carbocycles. The smallest absolute Gasteiger partial charge is 0.333 e. The Kier molecular flexibility index (Phi) is 13.5. The zero-order valence-corrected chi connectivity index (χ0v) is 17.3. The molecule has 0 heterocycles. The lowest BCUT2D eigenvalue weighted by Crippen LogP contribution is -2.36. The summed E-state index contributed by atoms with van der Waals surface area (Å²) >= 11 is 0. The summed E-state index contributed by atoms with van der Waals surface area (Å²) in [6.45, 7) is 7.83. The molecule has 2 atom stereocenters. The van der Waals surface area contributed by atoms with Crippen LogP contribution in [0.25, 0.3) is 0 Å². The Labute approximate surface area is 150 Å². The summed E-state index contributed by atoms with van der Waals surface area (Å²) in [6.07, 6.45) is -2.23. The minimum Gasteiger partial charge on any atom is -0.391 e. The first-order chi connectivity index (χ1) is 11.7. The van der Waals surface area contributed by atoms with Gasteiger partial charge in [-0.15, -0.1) is 0 Å². The Hall–Kier alpha value is 0.180. The van der Waals surface area contributed by atoms with Crippen LogP contribution in [0.3, 0.4) is 0 Å². The highest BCUT2D eigenvalue weighted by Gasteiger charge is 2.29. The zero-order valence-electron chi connectivity index (χ0n) is 15.5. The van der Waals surface area contributed by atoms with Crippen molar-refractivity contribution in [2.24, 2.45) is 0 Å².